The van der Waals surface area contributed by atoms with Crippen molar-refractivity contribution in [3.8, 4) is 5.75 Å². The van der Waals surface area contributed by atoms with Gasteiger partial charge in [0.05, 0.1) is 0 Å². The minimum atomic E-state index is -0.448. The average molecular weight is 415 g/mol. The molecule has 0 aliphatic heterocycles. The molecule has 5 heteroatoms. The predicted octanol–water partition coefficient (Wildman–Crippen LogP) is 3.49. The maximum atomic E-state index is 12.8. The number of amides is 2. The molecule has 0 aliphatic rings. The van der Waals surface area contributed by atoms with Gasteiger partial charge in [0.15, 0.2) is 0 Å². The molecule has 0 spiro atoms. The Labute approximate surface area is 182 Å². The number of benzene rings is 3. The number of phenols is 1. The summed E-state index contributed by atoms with van der Waals surface area (Å²) in [7, 11) is 0. The molecule has 3 rings (SSSR count). The van der Waals surface area contributed by atoms with Crippen molar-refractivity contribution >= 4 is 17.9 Å². The summed E-state index contributed by atoms with van der Waals surface area (Å²) < 4.78 is 0. The molecule has 158 valence electrons. The molecular formula is C26H26N2O3. The Hall–Kier alpha value is -3.86. The quantitative estimate of drug-likeness (QED) is 0.285. The van der Waals surface area contributed by atoms with E-state index in [0.29, 0.717) is 31.5 Å². The van der Waals surface area contributed by atoms with E-state index < -0.39 is 11.8 Å². The van der Waals surface area contributed by atoms with Gasteiger partial charge in [0.25, 0.3) is 11.8 Å². The standard InChI is InChI=1S/C26H26N2O3/c29-23-13-7-12-22(18-23)19-24(25(30)27-16-14-20-8-3-1-4-9-20)26(31)28-17-15-21-10-5-2-6-11-21/h1-13,18-19,29H,14-17H2,(H,27,30)(H,28,31). The Bertz CT molecular complexity index is 971. The number of nitrogens with one attached hydrogen (secondary N) is 2. The van der Waals surface area contributed by atoms with Crippen LogP contribution in [0.2, 0.25) is 0 Å². The molecule has 3 aromatic carbocycles. The van der Waals surface area contributed by atoms with E-state index in [9.17, 15) is 14.7 Å². The van der Waals surface area contributed by atoms with Crippen LogP contribution in [0.4, 0.5) is 0 Å². The third-order valence-corrected chi connectivity index (χ3v) is 4.75. The third-order valence-electron chi connectivity index (χ3n) is 4.75. The molecule has 3 N–H and O–H groups in total. The fourth-order valence-electron chi connectivity index (χ4n) is 3.14. The van der Waals surface area contributed by atoms with Crippen molar-refractivity contribution < 1.29 is 14.7 Å². The molecule has 31 heavy (non-hydrogen) atoms. The van der Waals surface area contributed by atoms with Crippen molar-refractivity contribution in [3.05, 3.63) is 107 Å². The van der Waals surface area contributed by atoms with E-state index in [2.05, 4.69) is 10.6 Å². The van der Waals surface area contributed by atoms with E-state index in [1.165, 1.54) is 18.2 Å². The van der Waals surface area contributed by atoms with Crippen LogP contribution in [0.25, 0.3) is 6.08 Å². The van der Waals surface area contributed by atoms with Gasteiger partial charge in [0.2, 0.25) is 0 Å². The first-order chi connectivity index (χ1) is 15.1. The van der Waals surface area contributed by atoms with Crippen molar-refractivity contribution in [1.82, 2.24) is 10.6 Å². The summed E-state index contributed by atoms with van der Waals surface area (Å²) in [5.41, 5.74) is 2.79. The van der Waals surface area contributed by atoms with E-state index in [1.807, 2.05) is 60.7 Å². The Morgan fingerprint density at radius 1 is 0.710 bits per heavy atom. The molecule has 0 atom stereocenters. The molecule has 0 fully saturated rings. The number of aromatic hydroxyl groups is 1. The van der Waals surface area contributed by atoms with Crippen LogP contribution >= 0.6 is 0 Å². The maximum Gasteiger partial charge on any atom is 0.256 e. The van der Waals surface area contributed by atoms with Gasteiger partial charge < -0.3 is 15.7 Å². The molecule has 0 heterocycles. The highest BCUT2D eigenvalue weighted by Crippen LogP contribution is 2.14. The molecule has 0 unspecified atom stereocenters. The Kier molecular flexibility index (Phi) is 8.00. The van der Waals surface area contributed by atoms with Crippen LogP contribution in [0, 0.1) is 0 Å². The molecule has 0 aliphatic carbocycles. The summed E-state index contributed by atoms with van der Waals surface area (Å²) in [6, 6.07) is 26.1. The van der Waals surface area contributed by atoms with Crippen LogP contribution in [0.5, 0.6) is 5.75 Å². The van der Waals surface area contributed by atoms with E-state index in [0.717, 1.165) is 11.1 Å². The van der Waals surface area contributed by atoms with Gasteiger partial charge in [-0.25, -0.2) is 0 Å². The lowest BCUT2D eigenvalue weighted by atomic mass is 10.1. The minimum Gasteiger partial charge on any atom is -0.508 e. The first-order valence-corrected chi connectivity index (χ1v) is 10.3. The van der Waals surface area contributed by atoms with Gasteiger partial charge >= 0.3 is 0 Å². The SMILES string of the molecule is O=C(NCCc1ccccc1)C(=Cc1cccc(O)c1)C(=O)NCCc1ccccc1. The highest BCUT2D eigenvalue weighted by Gasteiger charge is 2.18. The Morgan fingerprint density at radius 3 is 1.71 bits per heavy atom. The molecule has 0 bridgehead atoms. The fraction of sp³-hybridized carbons (Fsp3) is 0.154. The van der Waals surface area contributed by atoms with Crippen molar-refractivity contribution in [2.75, 3.05) is 13.1 Å². The number of carbonyl (C=O) groups excluding carboxylic acids is 2. The fourth-order valence-corrected chi connectivity index (χ4v) is 3.14. The van der Waals surface area contributed by atoms with Gasteiger partial charge in [0.1, 0.15) is 11.3 Å². The third kappa shape index (κ3) is 7.16. The smallest absolute Gasteiger partial charge is 0.256 e. The minimum absolute atomic E-state index is 0.00623. The summed E-state index contributed by atoms with van der Waals surface area (Å²) >= 11 is 0. The molecule has 3 aromatic rings. The van der Waals surface area contributed by atoms with Gasteiger partial charge in [-0.05, 0) is 47.7 Å². The zero-order valence-electron chi connectivity index (χ0n) is 17.3. The second-order valence-electron chi connectivity index (χ2n) is 7.14. The maximum absolute atomic E-state index is 12.8. The van der Waals surface area contributed by atoms with Gasteiger partial charge in [-0.3, -0.25) is 9.59 Å². The first-order valence-electron chi connectivity index (χ1n) is 10.3. The van der Waals surface area contributed by atoms with Crippen LogP contribution in [0.3, 0.4) is 0 Å². The second-order valence-corrected chi connectivity index (χ2v) is 7.14. The highest BCUT2D eigenvalue weighted by molar-refractivity contribution is 6.21. The molecule has 0 aromatic heterocycles. The van der Waals surface area contributed by atoms with Crippen LogP contribution in [0.15, 0.2) is 90.5 Å². The highest BCUT2D eigenvalue weighted by atomic mass is 16.3. The first kappa shape index (κ1) is 21.8. The van der Waals surface area contributed by atoms with E-state index in [4.69, 9.17) is 0 Å². The van der Waals surface area contributed by atoms with Crippen molar-refractivity contribution in [1.29, 1.82) is 0 Å². The summed E-state index contributed by atoms with van der Waals surface area (Å²) in [6.07, 6.45) is 2.83. The summed E-state index contributed by atoms with van der Waals surface area (Å²) in [5.74, 6) is -0.824. The molecule has 2 amide bonds. The lowest BCUT2D eigenvalue weighted by Gasteiger charge is -2.11. The van der Waals surface area contributed by atoms with E-state index >= 15 is 0 Å². The van der Waals surface area contributed by atoms with Gasteiger partial charge in [-0.2, -0.15) is 0 Å². The molecule has 5 nitrogen and oxygen atoms in total. The van der Waals surface area contributed by atoms with Crippen molar-refractivity contribution in [3.63, 3.8) is 0 Å². The van der Waals surface area contributed by atoms with Gasteiger partial charge in [0, 0.05) is 13.1 Å². The number of carbonyl (C=O) groups is 2. The topological polar surface area (TPSA) is 78.4 Å². The Morgan fingerprint density at radius 2 is 1.23 bits per heavy atom. The molecule has 0 radical (unpaired) electrons. The van der Waals surface area contributed by atoms with E-state index in [-0.39, 0.29) is 11.3 Å². The molecular weight excluding hydrogens is 388 g/mol. The normalized spacial score (nSPS) is 10.2. The number of hydrogen-bond acceptors (Lipinski definition) is 3. The summed E-state index contributed by atoms with van der Waals surface area (Å²) in [6.45, 7) is 0.828. The molecule has 0 saturated heterocycles. The second kappa shape index (κ2) is 11.4. The lowest BCUT2D eigenvalue weighted by Crippen LogP contribution is -2.36. The van der Waals surface area contributed by atoms with Gasteiger partial charge in [-0.1, -0.05) is 72.8 Å². The van der Waals surface area contributed by atoms with Gasteiger partial charge in [-0.15, -0.1) is 0 Å². The number of phenolic OH excluding ortho intramolecular Hbond substituents is 1. The van der Waals surface area contributed by atoms with Crippen molar-refractivity contribution in [2.24, 2.45) is 0 Å². The monoisotopic (exact) mass is 414 g/mol. The zero-order chi connectivity index (χ0) is 21.9. The van der Waals surface area contributed by atoms with Crippen LogP contribution in [0.1, 0.15) is 16.7 Å². The number of rotatable bonds is 9. The Balaban J connectivity index is 1.66. The lowest BCUT2D eigenvalue weighted by molar-refractivity contribution is -0.123. The van der Waals surface area contributed by atoms with Crippen molar-refractivity contribution in [2.45, 2.75) is 12.8 Å². The van der Waals surface area contributed by atoms with Crippen LogP contribution in [-0.2, 0) is 22.4 Å². The average Bonchev–Trinajstić information content (AvgIpc) is 2.79. The molecule has 0 saturated carbocycles. The van der Waals surface area contributed by atoms with Crippen LogP contribution < -0.4 is 10.6 Å². The van der Waals surface area contributed by atoms with Crippen LogP contribution in [-0.4, -0.2) is 30.0 Å². The number of hydrogen-bond donors (Lipinski definition) is 3. The summed E-state index contributed by atoms with van der Waals surface area (Å²) in [5, 5.41) is 15.4. The summed E-state index contributed by atoms with van der Waals surface area (Å²) in [4.78, 5) is 25.6. The predicted molar refractivity (Wildman–Crippen MR) is 122 cm³/mol. The largest absolute Gasteiger partial charge is 0.508 e. The zero-order valence-corrected chi connectivity index (χ0v) is 17.3. The van der Waals surface area contributed by atoms with E-state index in [1.54, 1.807) is 12.1 Å².